The number of nitrogens with two attached hydrogens (primary N) is 1. The number of nitrogens with one attached hydrogen (secondary N) is 1. The van der Waals surface area contributed by atoms with E-state index >= 15 is 4.39 Å². The van der Waals surface area contributed by atoms with Crippen molar-refractivity contribution in [1.29, 1.82) is 0 Å². The first-order chi connectivity index (χ1) is 29.9. The molecule has 4 aliphatic heterocycles. The Hall–Kier alpha value is -6.06. The molecule has 0 spiro atoms. The topological polar surface area (TPSA) is 162 Å². The molecule has 0 bridgehead atoms. The van der Waals surface area contributed by atoms with E-state index in [4.69, 9.17) is 10.5 Å². The Bertz CT molecular complexity index is 2480. The van der Waals surface area contributed by atoms with E-state index in [1.807, 2.05) is 48.5 Å². The molecule has 4 aliphatic rings. The molecule has 0 aliphatic carbocycles. The summed E-state index contributed by atoms with van der Waals surface area (Å²) >= 11 is 0. The molecule has 0 radical (unpaired) electrons. The van der Waals surface area contributed by atoms with Gasteiger partial charge in [0.2, 0.25) is 5.91 Å². The van der Waals surface area contributed by atoms with Crippen molar-refractivity contribution >= 4 is 45.9 Å². The van der Waals surface area contributed by atoms with Gasteiger partial charge in [0.05, 0.1) is 17.5 Å². The number of imide groups is 1. The Morgan fingerprint density at radius 1 is 0.968 bits per heavy atom. The lowest BCUT2D eigenvalue weighted by Gasteiger charge is -2.41. The third-order valence-electron chi connectivity index (χ3n) is 13.5. The van der Waals surface area contributed by atoms with Crippen molar-refractivity contribution in [3.05, 3.63) is 95.7 Å². The quantitative estimate of drug-likeness (QED) is 0.151. The SMILES string of the molecule is CO[C@@H]1C[C@H](c2ccc(C(=O)N3CCC(F)(CN4CCC(n5cc(C)c6cc(N7CCC(=O)NC7=O)ccc65)CC4)CC3)cc2)CN(c2cc(-c3ccccc3O)nnc2N)C1. The van der Waals surface area contributed by atoms with Crippen LogP contribution in [0.2, 0.25) is 0 Å². The number of urea groups is 1. The molecule has 2 atom stereocenters. The number of piperidine rings is 3. The maximum Gasteiger partial charge on any atom is 0.328 e. The number of hydrogen-bond acceptors (Lipinski definition) is 10. The van der Waals surface area contributed by atoms with Crippen LogP contribution >= 0.6 is 0 Å². The number of phenolic OH excluding ortho intramolecular Hbond substituents is 1. The molecule has 5 aromatic rings. The fraction of sp³-hybridized carbons (Fsp3) is 0.426. The van der Waals surface area contributed by atoms with Crippen molar-refractivity contribution in [2.75, 3.05) is 75.0 Å². The van der Waals surface area contributed by atoms with Gasteiger partial charge in [-0.25, -0.2) is 9.18 Å². The van der Waals surface area contributed by atoms with Gasteiger partial charge in [0.25, 0.3) is 5.91 Å². The summed E-state index contributed by atoms with van der Waals surface area (Å²) in [6, 6.07) is 22.6. The Morgan fingerprint density at radius 2 is 1.73 bits per heavy atom. The second-order valence-electron chi connectivity index (χ2n) is 17.5. The summed E-state index contributed by atoms with van der Waals surface area (Å²) in [5.41, 5.74) is 11.5. The number of rotatable bonds is 9. The molecule has 2 aromatic heterocycles. The van der Waals surface area contributed by atoms with Gasteiger partial charge in [-0.05, 0) is 85.8 Å². The van der Waals surface area contributed by atoms with E-state index < -0.39 is 11.7 Å². The second kappa shape index (κ2) is 17.0. The van der Waals surface area contributed by atoms with Gasteiger partial charge in [-0.3, -0.25) is 19.8 Å². The van der Waals surface area contributed by atoms with E-state index in [2.05, 4.69) is 49.1 Å². The van der Waals surface area contributed by atoms with Crippen LogP contribution in [-0.2, 0) is 9.53 Å². The number of aryl methyl sites for hydroxylation is 1. The highest BCUT2D eigenvalue weighted by atomic mass is 19.1. The lowest BCUT2D eigenvalue weighted by Crippen LogP contribution is -2.51. The number of carbonyl (C=O) groups is 3. The average Bonchev–Trinajstić information content (AvgIpc) is 3.62. The number of alkyl halides is 1. The number of methoxy groups -OCH3 is 1. The van der Waals surface area contributed by atoms with Crippen molar-refractivity contribution in [1.82, 2.24) is 29.9 Å². The highest BCUT2D eigenvalue weighted by molar-refractivity contribution is 6.06. The summed E-state index contributed by atoms with van der Waals surface area (Å²) in [6.45, 7) is 6.40. The fourth-order valence-electron chi connectivity index (χ4n) is 9.93. The Balaban J connectivity index is 0.783. The minimum absolute atomic E-state index is 0.0664. The number of aromatic nitrogens is 3. The molecule has 9 rings (SSSR count). The Labute approximate surface area is 360 Å². The van der Waals surface area contributed by atoms with Crippen molar-refractivity contribution in [2.24, 2.45) is 0 Å². The molecular formula is C47H54FN9O5. The lowest BCUT2D eigenvalue weighted by atomic mass is 9.88. The zero-order valence-corrected chi connectivity index (χ0v) is 35.3. The van der Waals surface area contributed by atoms with Gasteiger partial charge in [0.15, 0.2) is 5.82 Å². The number of ether oxygens (including phenoxy) is 1. The molecule has 6 heterocycles. The molecule has 0 saturated carbocycles. The van der Waals surface area contributed by atoms with E-state index in [-0.39, 0.29) is 42.0 Å². The third-order valence-corrected chi connectivity index (χ3v) is 13.5. The van der Waals surface area contributed by atoms with E-state index in [0.717, 1.165) is 65.8 Å². The molecule has 15 heteroatoms. The molecule has 324 valence electrons. The standard InChI is InChI=1S/C47H54FN9O5/c1-30-26-57(40-12-11-35(24-38(30)40)56-20-15-43(59)50-46(56)61)34-13-18-53(19-14-34)29-47(48)16-21-54(22-17-47)45(60)32-9-7-31(8-10-32)33-23-36(62-2)28-55(27-33)41-25-39(51-52-44(41)49)37-5-3-4-6-42(37)58/h3-12,24-26,33-34,36,58H,13-23,27-29H2,1-2H3,(H2,49,52)(H,50,59,61)/t33-,36+/m0/s1. The van der Waals surface area contributed by atoms with Gasteiger partial charge in [0.1, 0.15) is 11.4 Å². The molecule has 0 unspecified atom stereocenters. The van der Waals surface area contributed by atoms with Gasteiger partial charge >= 0.3 is 6.03 Å². The van der Waals surface area contributed by atoms with Gasteiger partial charge < -0.3 is 34.8 Å². The van der Waals surface area contributed by atoms with Crippen molar-refractivity contribution in [3.8, 4) is 17.0 Å². The van der Waals surface area contributed by atoms with Gasteiger partial charge in [-0.1, -0.05) is 24.3 Å². The van der Waals surface area contributed by atoms with Crippen molar-refractivity contribution in [3.63, 3.8) is 0 Å². The van der Waals surface area contributed by atoms with Crippen LogP contribution in [-0.4, -0.2) is 119 Å². The predicted molar refractivity (Wildman–Crippen MR) is 236 cm³/mol. The monoisotopic (exact) mass is 843 g/mol. The van der Waals surface area contributed by atoms with E-state index in [9.17, 15) is 19.5 Å². The average molecular weight is 844 g/mol. The van der Waals surface area contributed by atoms with E-state index in [0.29, 0.717) is 74.7 Å². The maximum absolute atomic E-state index is 16.4. The van der Waals surface area contributed by atoms with Crippen LogP contribution in [0, 0.1) is 6.92 Å². The Kier molecular flexibility index (Phi) is 11.3. The first-order valence-electron chi connectivity index (χ1n) is 21.7. The number of halogens is 1. The highest BCUT2D eigenvalue weighted by Crippen LogP contribution is 2.38. The van der Waals surface area contributed by atoms with Crippen LogP contribution in [0.1, 0.15) is 72.0 Å². The van der Waals surface area contributed by atoms with Crippen molar-refractivity contribution < 1.29 is 28.6 Å². The lowest BCUT2D eigenvalue weighted by molar-refractivity contribution is -0.120. The number of likely N-dealkylation sites (tertiary alicyclic amines) is 2. The van der Waals surface area contributed by atoms with Crippen LogP contribution in [0.5, 0.6) is 5.75 Å². The van der Waals surface area contributed by atoms with E-state index in [1.165, 1.54) is 0 Å². The molecule has 14 nitrogen and oxygen atoms in total. The number of nitrogen functional groups attached to an aromatic ring is 1. The molecule has 3 aromatic carbocycles. The normalized spacial score (nSPS) is 21.4. The minimum atomic E-state index is -1.35. The summed E-state index contributed by atoms with van der Waals surface area (Å²) in [4.78, 5) is 45.6. The number of phenols is 1. The molecule has 4 amide bonds. The summed E-state index contributed by atoms with van der Waals surface area (Å²) in [7, 11) is 1.71. The summed E-state index contributed by atoms with van der Waals surface area (Å²) in [6.07, 6.45) is 5.60. The number of benzene rings is 3. The number of carbonyl (C=O) groups excluding carboxylic acids is 3. The fourth-order valence-corrected chi connectivity index (χ4v) is 9.93. The zero-order chi connectivity index (χ0) is 43.1. The van der Waals surface area contributed by atoms with Crippen molar-refractivity contribution in [2.45, 2.75) is 69.2 Å². The van der Waals surface area contributed by atoms with Crippen LogP contribution in [0.4, 0.5) is 26.4 Å². The number of para-hydroxylation sites is 1. The smallest absolute Gasteiger partial charge is 0.328 e. The van der Waals surface area contributed by atoms with Gasteiger partial charge in [-0.2, -0.15) is 0 Å². The largest absolute Gasteiger partial charge is 0.507 e. The summed E-state index contributed by atoms with van der Waals surface area (Å²) in [5.74, 6) is 0.173. The third kappa shape index (κ3) is 8.30. The summed E-state index contributed by atoms with van der Waals surface area (Å²) < 4.78 is 24.6. The minimum Gasteiger partial charge on any atom is -0.507 e. The number of anilines is 3. The molecule has 4 saturated heterocycles. The summed E-state index contributed by atoms with van der Waals surface area (Å²) in [5, 5.41) is 22.4. The molecule has 4 N–H and O–H groups in total. The molecular weight excluding hydrogens is 790 g/mol. The van der Waals surface area contributed by atoms with Crippen LogP contribution in [0.15, 0.2) is 79.0 Å². The van der Waals surface area contributed by atoms with Gasteiger partial charge in [0, 0.05) is 125 Å². The van der Waals surface area contributed by atoms with E-state index in [1.54, 1.807) is 35.1 Å². The van der Waals surface area contributed by atoms with Crippen LogP contribution < -0.4 is 20.9 Å². The first-order valence-corrected chi connectivity index (χ1v) is 21.7. The highest BCUT2D eigenvalue weighted by Gasteiger charge is 2.39. The zero-order valence-electron chi connectivity index (χ0n) is 35.3. The van der Waals surface area contributed by atoms with Crippen LogP contribution in [0.3, 0.4) is 0 Å². The predicted octanol–water partition coefficient (Wildman–Crippen LogP) is 6.43. The second-order valence-corrected chi connectivity index (χ2v) is 17.5. The molecule has 4 fully saturated rings. The van der Waals surface area contributed by atoms with Crippen LogP contribution in [0.25, 0.3) is 22.2 Å². The Morgan fingerprint density at radius 3 is 2.45 bits per heavy atom. The number of hydrogen-bond donors (Lipinski definition) is 3. The maximum atomic E-state index is 16.4. The first kappa shape index (κ1) is 41.3. The number of nitrogens with zero attached hydrogens (tertiary/aromatic N) is 7. The van der Waals surface area contributed by atoms with Gasteiger partial charge in [-0.15, -0.1) is 10.2 Å². The number of fused-ring (bicyclic) bond motifs is 1. The molecule has 62 heavy (non-hydrogen) atoms. The number of amides is 4. The number of aromatic hydroxyl groups is 1.